The van der Waals surface area contributed by atoms with E-state index in [4.69, 9.17) is 0 Å². The fourth-order valence-electron chi connectivity index (χ4n) is 2.48. The van der Waals surface area contributed by atoms with Crippen molar-refractivity contribution in [1.82, 2.24) is 19.3 Å². The van der Waals surface area contributed by atoms with E-state index in [2.05, 4.69) is 15.4 Å². The highest BCUT2D eigenvalue weighted by atomic mass is 19.4. The SMILES string of the molecule is Cc1ncn(-c2ccc(NC(=O)c3cc(C(F)(F)F)nn3C)cc2)c1C. The third kappa shape index (κ3) is 3.32. The van der Waals surface area contributed by atoms with Crippen molar-refractivity contribution in [2.45, 2.75) is 20.0 Å². The average molecular weight is 363 g/mol. The zero-order valence-corrected chi connectivity index (χ0v) is 14.3. The van der Waals surface area contributed by atoms with Crippen LogP contribution in [0.3, 0.4) is 0 Å². The van der Waals surface area contributed by atoms with Gasteiger partial charge in [0, 0.05) is 30.2 Å². The summed E-state index contributed by atoms with van der Waals surface area (Å²) in [6, 6.07) is 7.63. The summed E-state index contributed by atoms with van der Waals surface area (Å²) in [5.41, 5.74) is 1.95. The van der Waals surface area contributed by atoms with Crippen LogP contribution in [0.4, 0.5) is 18.9 Å². The molecule has 9 heteroatoms. The van der Waals surface area contributed by atoms with Crippen molar-refractivity contribution in [3.05, 3.63) is 59.4 Å². The van der Waals surface area contributed by atoms with E-state index < -0.39 is 17.8 Å². The molecule has 136 valence electrons. The predicted octanol–water partition coefficient (Wildman–Crippen LogP) is 3.49. The second kappa shape index (κ2) is 6.32. The standard InChI is InChI=1S/C17H16F3N5O/c1-10-11(2)25(9-21-10)13-6-4-12(5-7-13)22-16(26)14-8-15(17(18,19)20)23-24(14)3/h4-9H,1-3H3,(H,22,26). The van der Waals surface area contributed by atoms with Crippen LogP contribution >= 0.6 is 0 Å². The highest BCUT2D eigenvalue weighted by Gasteiger charge is 2.35. The molecule has 1 aromatic carbocycles. The van der Waals surface area contributed by atoms with Gasteiger partial charge in [-0.1, -0.05) is 0 Å². The monoisotopic (exact) mass is 363 g/mol. The van der Waals surface area contributed by atoms with Crippen LogP contribution in [-0.2, 0) is 13.2 Å². The summed E-state index contributed by atoms with van der Waals surface area (Å²) in [6.07, 6.45) is -2.90. The summed E-state index contributed by atoms with van der Waals surface area (Å²) in [4.78, 5) is 16.5. The van der Waals surface area contributed by atoms with Gasteiger partial charge >= 0.3 is 6.18 Å². The Hall–Kier alpha value is -3.10. The summed E-state index contributed by atoms with van der Waals surface area (Å²) in [6.45, 7) is 3.85. The first-order valence-electron chi connectivity index (χ1n) is 7.70. The molecule has 0 unspecified atom stereocenters. The fourth-order valence-corrected chi connectivity index (χ4v) is 2.48. The lowest BCUT2D eigenvalue weighted by Gasteiger charge is -2.08. The van der Waals surface area contributed by atoms with Gasteiger partial charge in [0.05, 0.1) is 12.0 Å². The molecule has 0 bridgehead atoms. The molecule has 2 aromatic heterocycles. The van der Waals surface area contributed by atoms with E-state index in [1.54, 1.807) is 30.6 Å². The summed E-state index contributed by atoms with van der Waals surface area (Å²) in [5.74, 6) is -0.669. The van der Waals surface area contributed by atoms with Crippen LogP contribution in [0.5, 0.6) is 0 Å². The van der Waals surface area contributed by atoms with Crippen molar-refractivity contribution in [3.63, 3.8) is 0 Å². The van der Waals surface area contributed by atoms with Crippen molar-refractivity contribution in [3.8, 4) is 5.69 Å². The second-order valence-electron chi connectivity index (χ2n) is 5.82. The predicted molar refractivity (Wildman–Crippen MR) is 89.2 cm³/mol. The molecule has 26 heavy (non-hydrogen) atoms. The van der Waals surface area contributed by atoms with E-state index >= 15 is 0 Å². The molecule has 0 aliphatic carbocycles. The number of nitrogens with zero attached hydrogens (tertiary/aromatic N) is 4. The van der Waals surface area contributed by atoms with Crippen LogP contribution in [0.15, 0.2) is 36.7 Å². The highest BCUT2D eigenvalue weighted by molar-refractivity contribution is 6.03. The first kappa shape index (κ1) is 17.7. The molecule has 1 N–H and O–H groups in total. The fraction of sp³-hybridized carbons (Fsp3) is 0.235. The third-order valence-electron chi connectivity index (χ3n) is 4.06. The molecule has 0 aliphatic heterocycles. The van der Waals surface area contributed by atoms with Crippen molar-refractivity contribution < 1.29 is 18.0 Å². The minimum Gasteiger partial charge on any atom is -0.321 e. The molecular formula is C17H16F3N5O. The first-order chi connectivity index (χ1) is 12.2. The lowest BCUT2D eigenvalue weighted by atomic mass is 10.2. The van der Waals surface area contributed by atoms with Gasteiger partial charge in [-0.2, -0.15) is 18.3 Å². The molecule has 0 saturated heterocycles. The summed E-state index contributed by atoms with van der Waals surface area (Å²) in [7, 11) is 1.29. The number of benzene rings is 1. The first-order valence-corrected chi connectivity index (χ1v) is 7.70. The smallest absolute Gasteiger partial charge is 0.321 e. The topological polar surface area (TPSA) is 64.7 Å². The average Bonchev–Trinajstić information content (AvgIpc) is 3.12. The van der Waals surface area contributed by atoms with E-state index in [0.717, 1.165) is 27.8 Å². The van der Waals surface area contributed by atoms with E-state index in [-0.39, 0.29) is 5.69 Å². The van der Waals surface area contributed by atoms with Crippen LogP contribution in [0, 0.1) is 13.8 Å². The molecule has 1 amide bonds. The number of rotatable bonds is 3. The van der Waals surface area contributed by atoms with Gasteiger partial charge in [0.2, 0.25) is 0 Å². The number of amides is 1. The molecule has 0 radical (unpaired) electrons. The number of hydrogen-bond donors (Lipinski definition) is 1. The third-order valence-corrected chi connectivity index (χ3v) is 4.06. The number of aromatic nitrogens is 4. The quantitative estimate of drug-likeness (QED) is 0.775. The number of hydrogen-bond acceptors (Lipinski definition) is 3. The van der Waals surface area contributed by atoms with Crippen molar-refractivity contribution in [2.24, 2.45) is 7.05 Å². The molecule has 2 heterocycles. The van der Waals surface area contributed by atoms with Gasteiger partial charge in [-0.05, 0) is 38.1 Å². The molecule has 0 saturated carbocycles. The van der Waals surface area contributed by atoms with Gasteiger partial charge in [-0.15, -0.1) is 0 Å². The maximum absolute atomic E-state index is 12.7. The molecule has 0 aliphatic rings. The number of imidazole rings is 1. The lowest BCUT2D eigenvalue weighted by molar-refractivity contribution is -0.141. The Labute approximate surface area is 147 Å². The number of halogens is 3. The van der Waals surface area contributed by atoms with Crippen LogP contribution in [0.1, 0.15) is 27.6 Å². The molecule has 0 fully saturated rings. The Balaban J connectivity index is 1.78. The second-order valence-corrected chi connectivity index (χ2v) is 5.82. The largest absolute Gasteiger partial charge is 0.435 e. The maximum Gasteiger partial charge on any atom is 0.435 e. The Bertz CT molecular complexity index is 954. The minimum absolute atomic E-state index is 0.178. The van der Waals surface area contributed by atoms with Gasteiger partial charge in [0.25, 0.3) is 5.91 Å². The number of alkyl halides is 3. The van der Waals surface area contributed by atoms with Gasteiger partial charge in [-0.3, -0.25) is 9.48 Å². The Morgan fingerprint density at radius 2 is 1.81 bits per heavy atom. The molecule has 6 nitrogen and oxygen atoms in total. The number of aryl methyl sites for hydroxylation is 2. The van der Waals surface area contributed by atoms with Crippen LogP contribution in [0.2, 0.25) is 0 Å². The van der Waals surface area contributed by atoms with Gasteiger partial charge < -0.3 is 9.88 Å². The van der Waals surface area contributed by atoms with Crippen LogP contribution in [-0.4, -0.2) is 25.2 Å². The number of carbonyl (C=O) groups is 1. The van der Waals surface area contributed by atoms with Crippen LogP contribution in [0.25, 0.3) is 5.69 Å². The molecule has 3 rings (SSSR count). The lowest BCUT2D eigenvalue weighted by Crippen LogP contribution is -2.16. The van der Waals surface area contributed by atoms with Crippen molar-refractivity contribution in [2.75, 3.05) is 5.32 Å². The van der Waals surface area contributed by atoms with Gasteiger partial charge in [-0.25, -0.2) is 4.98 Å². The highest BCUT2D eigenvalue weighted by Crippen LogP contribution is 2.28. The molecule has 3 aromatic rings. The molecule has 0 atom stereocenters. The zero-order valence-electron chi connectivity index (χ0n) is 14.3. The van der Waals surface area contributed by atoms with E-state index in [9.17, 15) is 18.0 Å². The Kier molecular flexibility index (Phi) is 4.31. The van der Waals surface area contributed by atoms with Crippen LogP contribution < -0.4 is 5.32 Å². The van der Waals surface area contributed by atoms with Gasteiger partial charge in [0.1, 0.15) is 5.69 Å². The Morgan fingerprint density at radius 3 is 2.31 bits per heavy atom. The molecule has 0 spiro atoms. The summed E-state index contributed by atoms with van der Waals surface area (Å²) < 4.78 is 40.9. The summed E-state index contributed by atoms with van der Waals surface area (Å²) >= 11 is 0. The minimum atomic E-state index is -4.60. The molecular weight excluding hydrogens is 347 g/mol. The Morgan fingerprint density at radius 1 is 1.15 bits per heavy atom. The zero-order chi connectivity index (χ0) is 19.1. The van der Waals surface area contributed by atoms with E-state index in [1.165, 1.54) is 7.05 Å². The van der Waals surface area contributed by atoms with E-state index in [1.807, 2.05) is 18.4 Å². The van der Waals surface area contributed by atoms with E-state index in [0.29, 0.717) is 5.69 Å². The number of anilines is 1. The van der Waals surface area contributed by atoms with Crippen molar-refractivity contribution >= 4 is 11.6 Å². The maximum atomic E-state index is 12.7. The normalized spacial score (nSPS) is 11.6. The number of carbonyl (C=O) groups excluding carboxylic acids is 1. The summed E-state index contributed by atoms with van der Waals surface area (Å²) in [5, 5.41) is 5.90. The number of nitrogens with one attached hydrogen (secondary N) is 1. The van der Waals surface area contributed by atoms with Gasteiger partial charge in [0.15, 0.2) is 5.69 Å². The van der Waals surface area contributed by atoms with Crippen molar-refractivity contribution in [1.29, 1.82) is 0 Å².